The summed E-state index contributed by atoms with van der Waals surface area (Å²) >= 11 is 0. The molecule has 6 heteroatoms. The molecule has 1 unspecified atom stereocenters. The Labute approximate surface area is 153 Å². The SMILES string of the molecule is CCOC(=O)N1c2cc(C)c(C)cc2N(C(=O)c2ccco2)CC1CC. The molecule has 0 spiro atoms. The van der Waals surface area contributed by atoms with Crippen LogP contribution in [-0.2, 0) is 4.74 Å². The Morgan fingerprint density at radius 2 is 1.88 bits per heavy atom. The van der Waals surface area contributed by atoms with Crippen LogP contribution in [0.1, 0.15) is 41.9 Å². The van der Waals surface area contributed by atoms with Gasteiger partial charge >= 0.3 is 6.09 Å². The summed E-state index contributed by atoms with van der Waals surface area (Å²) in [4.78, 5) is 29.0. The minimum atomic E-state index is -0.381. The van der Waals surface area contributed by atoms with Crippen LogP contribution in [0, 0.1) is 13.8 Å². The third-order valence-corrected chi connectivity index (χ3v) is 4.81. The average Bonchev–Trinajstić information content (AvgIpc) is 3.15. The Morgan fingerprint density at radius 1 is 1.19 bits per heavy atom. The first-order valence-electron chi connectivity index (χ1n) is 8.90. The van der Waals surface area contributed by atoms with E-state index in [2.05, 4.69) is 0 Å². The first-order valence-corrected chi connectivity index (χ1v) is 8.90. The molecule has 0 radical (unpaired) electrons. The molecule has 138 valence electrons. The number of rotatable bonds is 3. The molecular formula is C20H24N2O4. The minimum Gasteiger partial charge on any atom is -0.459 e. The third kappa shape index (κ3) is 3.07. The maximum absolute atomic E-state index is 13.0. The van der Waals surface area contributed by atoms with E-state index >= 15 is 0 Å². The van der Waals surface area contributed by atoms with Gasteiger partial charge in [0.25, 0.3) is 5.91 Å². The van der Waals surface area contributed by atoms with Crippen molar-refractivity contribution < 1.29 is 18.7 Å². The number of anilines is 2. The van der Waals surface area contributed by atoms with Crippen molar-refractivity contribution in [1.82, 2.24) is 0 Å². The smallest absolute Gasteiger partial charge is 0.414 e. The highest BCUT2D eigenvalue weighted by Crippen LogP contribution is 2.39. The molecular weight excluding hydrogens is 332 g/mol. The molecule has 1 aromatic carbocycles. The van der Waals surface area contributed by atoms with Gasteiger partial charge in [-0.1, -0.05) is 6.92 Å². The maximum atomic E-state index is 13.0. The van der Waals surface area contributed by atoms with E-state index in [0.29, 0.717) is 30.9 Å². The average molecular weight is 356 g/mol. The normalized spacial score (nSPS) is 16.4. The van der Waals surface area contributed by atoms with Gasteiger partial charge in [-0.3, -0.25) is 9.69 Å². The number of furan rings is 1. The number of benzene rings is 1. The molecule has 0 saturated carbocycles. The summed E-state index contributed by atoms with van der Waals surface area (Å²) in [6.07, 6.45) is 1.81. The number of aryl methyl sites for hydroxylation is 2. The van der Waals surface area contributed by atoms with Gasteiger partial charge in [0, 0.05) is 6.54 Å². The van der Waals surface area contributed by atoms with Crippen LogP contribution in [0.4, 0.5) is 16.2 Å². The predicted molar refractivity (Wildman–Crippen MR) is 99.9 cm³/mol. The summed E-state index contributed by atoms with van der Waals surface area (Å²) in [6.45, 7) is 8.47. The lowest BCUT2D eigenvalue weighted by molar-refractivity contribution is 0.0955. The van der Waals surface area contributed by atoms with Gasteiger partial charge in [0.1, 0.15) is 0 Å². The summed E-state index contributed by atoms with van der Waals surface area (Å²) in [7, 11) is 0. The molecule has 0 aliphatic carbocycles. The quantitative estimate of drug-likeness (QED) is 0.823. The lowest BCUT2D eigenvalue weighted by Crippen LogP contribution is -2.53. The number of nitrogens with zero attached hydrogens (tertiary/aromatic N) is 2. The summed E-state index contributed by atoms with van der Waals surface area (Å²) < 4.78 is 10.6. The second kappa shape index (κ2) is 7.23. The van der Waals surface area contributed by atoms with E-state index in [4.69, 9.17) is 9.15 Å². The number of amides is 2. The molecule has 2 heterocycles. The molecule has 1 aromatic heterocycles. The topological polar surface area (TPSA) is 63.0 Å². The van der Waals surface area contributed by atoms with Crippen LogP contribution in [0.25, 0.3) is 0 Å². The molecule has 26 heavy (non-hydrogen) atoms. The highest BCUT2D eigenvalue weighted by molar-refractivity contribution is 6.09. The molecule has 2 aromatic rings. The fraction of sp³-hybridized carbons (Fsp3) is 0.400. The van der Waals surface area contributed by atoms with E-state index in [1.165, 1.54) is 6.26 Å². The van der Waals surface area contributed by atoms with Crippen molar-refractivity contribution in [1.29, 1.82) is 0 Å². The van der Waals surface area contributed by atoms with Gasteiger partial charge < -0.3 is 14.1 Å². The van der Waals surface area contributed by atoms with Gasteiger partial charge in [-0.15, -0.1) is 0 Å². The summed E-state index contributed by atoms with van der Waals surface area (Å²) in [5.74, 6) is 0.0788. The monoisotopic (exact) mass is 356 g/mol. The van der Waals surface area contributed by atoms with E-state index < -0.39 is 0 Å². The van der Waals surface area contributed by atoms with Gasteiger partial charge in [-0.2, -0.15) is 0 Å². The lowest BCUT2D eigenvalue weighted by atomic mass is 10.00. The number of hydrogen-bond donors (Lipinski definition) is 0. The molecule has 2 amide bonds. The standard InChI is InChI=1S/C20H24N2O4/c1-5-15-12-21(19(23)18-8-7-9-26-18)16-10-13(3)14(4)11-17(16)22(15)20(24)25-6-2/h7-11,15H,5-6,12H2,1-4H3. The van der Waals surface area contributed by atoms with Crippen LogP contribution >= 0.6 is 0 Å². The fourth-order valence-electron chi connectivity index (χ4n) is 3.26. The van der Waals surface area contributed by atoms with Crippen molar-refractivity contribution in [3.63, 3.8) is 0 Å². The summed E-state index contributed by atoms with van der Waals surface area (Å²) in [5, 5.41) is 0. The lowest BCUT2D eigenvalue weighted by Gasteiger charge is -2.41. The fourth-order valence-corrected chi connectivity index (χ4v) is 3.26. The Bertz CT molecular complexity index is 813. The second-order valence-corrected chi connectivity index (χ2v) is 6.45. The van der Waals surface area contributed by atoms with Gasteiger partial charge in [0.05, 0.1) is 30.3 Å². The Hall–Kier alpha value is -2.76. The van der Waals surface area contributed by atoms with Crippen molar-refractivity contribution in [3.05, 3.63) is 47.4 Å². The molecule has 0 bridgehead atoms. The van der Waals surface area contributed by atoms with Gasteiger partial charge in [0.15, 0.2) is 5.76 Å². The molecule has 0 fully saturated rings. The van der Waals surface area contributed by atoms with Gasteiger partial charge in [-0.25, -0.2) is 4.79 Å². The van der Waals surface area contributed by atoms with E-state index in [-0.39, 0.29) is 23.8 Å². The molecule has 6 nitrogen and oxygen atoms in total. The highest BCUT2D eigenvalue weighted by Gasteiger charge is 2.38. The second-order valence-electron chi connectivity index (χ2n) is 6.45. The van der Waals surface area contributed by atoms with Crippen LogP contribution in [-0.4, -0.2) is 31.2 Å². The highest BCUT2D eigenvalue weighted by atomic mass is 16.6. The minimum absolute atomic E-state index is 0.164. The first-order chi connectivity index (χ1) is 12.5. The molecule has 1 aliphatic rings. The third-order valence-electron chi connectivity index (χ3n) is 4.81. The van der Waals surface area contributed by atoms with Crippen molar-refractivity contribution in [2.75, 3.05) is 23.0 Å². The number of carbonyl (C=O) groups is 2. The van der Waals surface area contributed by atoms with E-state index in [1.807, 2.05) is 32.9 Å². The van der Waals surface area contributed by atoms with E-state index in [1.54, 1.807) is 28.9 Å². The molecule has 3 rings (SSSR count). The largest absolute Gasteiger partial charge is 0.459 e. The molecule has 0 N–H and O–H groups in total. The molecule has 1 atom stereocenters. The van der Waals surface area contributed by atoms with Crippen LogP contribution in [0.3, 0.4) is 0 Å². The molecule has 1 aliphatic heterocycles. The van der Waals surface area contributed by atoms with Crippen LogP contribution in [0.2, 0.25) is 0 Å². The number of fused-ring (bicyclic) bond motifs is 1. The van der Waals surface area contributed by atoms with Crippen LogP contribution < -0.4 is 9.80 Å². The zero-order valence-electron chi connectivity index (χ0n) is 15.6. The molecule has 0 saturated heterocycles. The maximum Gasteiger partial charge on any atom is 0.414 e. The van der Waals surface area contributed by atoms with Crippen molar-refractivity contribution >= 4 is 23.4 Å². The number of ether oxygens (including phenoxy) is 1. The summed E-state index contributed by atoms with van der Waals surface area (Å²) in [5.41, 5.74) is 3.51. The van der Waals surface area contributed by atoms with Crippen molar-refractivity contribution in [3.8, 4) is 0 Å². The Balaban J connectivity index is 2.12. The van der Waals surface area contributed by atoms with E-state index in [0.717, 1.165) is 11.1 Å². The number of carbonyl (C=O) groups excluding carboxylic acids is 2. The van der Waals surface area contributed by atoms with E-state index in [9.17, 15) is 9.59 Å². The van der Waals surface area contributed by atoms with Crippen molar-refractivity contribution in [2.45, 2.75) is 40.2 Å². The Kier molecular flexibility index (Phi) is 5.02. The Morgan fingerprint density at radius 3 is 2.46 bits per heavy atom. The summed E-state index contributed by atoms with van der Waals surface area (Å²) in [6, 6.07) is 7.08. The first kappa shape index (κ1) is 18.0. The predicted octanol–water partition coefficient (Wildman–Crippen LogP) is 4.30. The van der Waals surface area contributed by atoms with Gasteiger partial charge in [0.2, 0.25) is 0 Å². The van der Waals surface area contributed by atoms with Crippen molar-refractivity contribution in [2.24, 2.45) is 0 Å². The number of hydrogen-bond acceptors (Lipinski definition) is 4. The van der Waals surface area contributed by atoms with Crippen LogP contribution in [0.15, 0.2) is 34.9 Å². The zero-order chi connectivity index (χ0) is 18.8. The van der Waals surface area contributed by atoms with Gasteiger partial charge in [-0.05, 0) is 62.6 Å². The van der Waals surface area contributed by atoms with Crippen LogP contribution in [0.5, 0.6) is 0 Å². The zero-order valence-corrected chi connectivity index (χ0v) is 15.6.